The molecule has 0 spiro atoms. The molecule has 0 amide bonds. The lowest BCUT2D eigenvalue weighted by atomic mass is 10.0. The van der Waals surface area contributed by atoms with E-state index in [1.807, 2.05) is 6.92 Å². The fourth-order valence-corrected chi connectivity index (χ4v) is 5.83. The number of benzene rings is 2. The Labute approximate surface area is 183 Å². The zero-order valence-corrected chi connectivity index (χ0v) is 18.2. The van der Waals surface area contributed by atoms with Crippen molar-refractivity contribution in [3.05, 3.63) is 75.6 Å². The Morgan fingerprint density at radius 2 is 1.72 bits per heavy atom. The molecule has 1 aliphatic heterocycles. The Morgan fingerprint density at radius 3 is 2.38 bits per heavy atom. The van der Waals surface area contributed by atoms with Gasteiger partial charge in [-0.15, -0.1) is 0 Å². The van der Waals surface area contributed by atoms with Gasteiger partial charge in [-0.25, -0.2) is 13.2 Å². The van der Waals surface area contributed by atoms with Crippen LogP contribution in [0.5, 0.6) is 0 Å². The Hall–Kier alpha value is -2.65. The summed E-state index contributed by atoms with van der Waals surface area (Å²) >= 11 is 0. The van der Waals surface area contributed by atoms with E-state index in [1.54, 1.807) is 18.2 Å². The van der Waals surface area contributed by atoms with Crippen LogP contribution < -0.4 is 5.63 Å². The highest BCUT2D eigenvalue weighted by molar-refractivity contribution is 7.89. The predicted molar refractivity (Wildman–Crippen MR) is 114 cm³/mol. The van der Waals surface area contributed by atoms with Crippen molar-refractivity contribution in [2.45, 2.75) is 49.7 Å². The second-order valence-electron chi connectivity index (χ2n) is 8.09. The molecule has 1 saturated heterocycles. The Kier molecular flexibility index (Phi) is 5.89. The molecule has 0 saturated carbocycles. The van der Waals surface area contributed by atoms with Crippen LogP contribution >= 0.6 is 0 Å². The molecule has 2 heterocycles. The second-order valence-corrected chi connectivity index (χ2v) is 9.98. The van der Waals surface area contributed by atoms with Crippen LogP contribution in [0, 0.1) is 0 Å². The van der Waals surface area contributed by atoms with Gasteiger partial charge in [-0.3, -0.25) is 0 Å². The maximum atomic E-state index is 13.4. The topological polar surface area (TPSA) is 67.6 Å². The number of halogens is 3. The van der Waals surface area contributed by atoms with Gasteiger partial charge in [0, 0.05) is 24.0 Å². The van der Waals surface area contributed by atoms with Gasteiger partial charge in [0.25, 0.3) is 0 Å². The number of piperidine rings is 1. The summed E-state index contributed by atoms with van der Waals surface area (Å²) in [6, 6.07) is 11.1. The normalized spacial score (nSPS) is 18.2. The Morgan fingerprint density at radius 1 is 1.03 bits per heavy atom. The molecule has 5 nitrogen and oxygen atoms in total. The fraction of sp³-hybridized carbons (Fsp3) is 0.348. The number of nitrogens with zero attached hydrogens (tertiary/aromatic N) is 1. The lowest BCUT2D eigenvalue weighted by Gasteiger charge is -2.32. The van der Waals surface area contributed by atoms with Crippen LogP contribution in [-0.4, -0.2) is 25.3 Å². The Balaban J connectivity index is 1.61. The molecular formula is C23H22F3NO4S. The molecule has 0 radical (unpaired) electrons. The van der Waals surface area contributed by atoms with Crippen LogP contribution in [0.25, 0.3) is 11.0 Å². The maximum absolute atomic E-state index is 13.4. The van der Waals surface area contributed by atoms with Gasteiger partial charge in [0.15, 0.2) is 0 Å². The van der Waals surface area contributed by atoms with Crippen molar-refractivity contribution in [2.75, 3.05) is 6.54 Å². The van der Waals surface area contributed by atoms with Crippen LogP contribution in [0.15, 0.2) is 62.6 Å². The first-order valence-electron chi connectivity index (χ1n) is 10.3. The van der Waals surface area contributed by atoms with Gasteiger partial charge < -0.3 is 4.42 Å². The highest BCUT2D eigenvalue weighted by Gasteiger charge is 2.34. The number of rotatable bonds is 4. The highest BCUT2D eigenvalue weighted by atomic mass is 32.2. The first-order chi connectivity index (χ1) is 15.1. The van der Waals surface area contributed by atoms with Crippen LogP contribution in [0.3, 0.4) is 0 Å². The largest absolute Gasteiger partial charge is 0.423 e. The summed E-state index contributed by atoms with van der Waals surface area (Å²) in [7, 11) is -3.59. The first kappa shape index (κ1) is 22.5. The molecule has 1 atom stereocenters. The van der Waals surface area contributed by atoms with Gasteiger partial charge in [-0.05, 0) is 61.6 Å². The highest BCUT2D eigenvalue weighted by Crippen LogP contribution is 2.34. The predicted octanol–water partition coefficient (Wildman–Crippen LogP) is 4.97. The molecule has 1 unspecified atom stereocenters. The van der Waals surface area contributed by atoms with Crippen molar-refractivity contribution >= 4 is 21.0 Å². The van der Waals surface area contributed by atoms with E-state index in [2.05, 4.69) is 0 Å². The zero-order chi connectivity index (χ0) is 23.1. The number of hydrogen-bond acceptors (Lipinski definition) is 4. The molecule has 1 aliphatic rings. The van der Waals surface area contributed by atoms with Crippen molar-refractivity contribution in [1.29, 1.82) is 0 Å². The zero-order valence-electron chi connectivity index (χ0n) is 17.4. The van der Waals surface area contributed by atoms with Crippen LogP contribution in [0.1, 0.15) is 42.9 Å². The smallest absolute Gasteiger partial charge is 0.417 e. The molecule has 1 aromatic heterocycles. The molecule has 170 valence electrons. The molecule has 9 heteroatoms. The third-order valence-corrected chi connectivity index (χ3v) is 7.82. The molecule has 1 fully saturated rings. The minimum Gasteiger partial charge on any atom is -0.423 e. The summed E-state index contributed by atoms with van der Waals surface area (Å²) in [5, 5.41) is -0.187. The molecule has 32 heavy (non-hydrogen) atoms. The van der Waals surface area contributed by atoms with E-state index in [0.29, 0.717) is 24.6 Å². The van der Waals surface area contributed by atoms with Crippen LogP contribution in [0.2, 0.25) is 0 Å². The standard InChI is InChI=1S/C23H22F3NO4S/c1-15-4-2-3-11-27(15)32(29,30)18-8-5-16(6-9-18)12-17-7-10-21-19(13-17)20(23(24,25)26)14-22(28)31-21/h5-10,13-15H,2-4,11-12H2,1H3. The lowest BCUT2D eigenvalue weighted by Crippen LogP contribution is -2.41. The monoisotopic (exact) mass is 465 g/mol. The van der Waals surface area contributed by atoms with E-state index in [-0.39, 0.29) is 21.9 Å². The molecule has 0 bridgehead atoms. The molecule has 0 N–H and O–H groups in total. The van der Waals surface area contributed by atoms with Crippen molar-refractivity contribution < 1.29 is 26.0 Å². The van der Waals surface area contributed by atoms with E-state index in [0.717, 1.165) is 24.8 Å². The van der Waals surface area contributed by atoms with E-state index in [1.165, 1.54) is 28.6 Å². The summed E-state index contributed by atoms with van der Waals surface area (Å²) < 4.78 is 72.4. The average molecular weight is 465 g/mol. The third kappa shape index (κ3) is 4.45. The first-order valence-corrected chi connectivity index (χ1v) is 11.7. The summed E-state index contributed by atoms with van der Waals surface area (Å²) in [6.45, 7) is 2.40. The summed E-state index contributed by atoms with van der Waals surface area (Å²) in [5.74, 6) is 0. The van der Waals surface area contributed by atoms with Crippen molar-refractivity contribution in [3.63, 3.8) is 0 Å². The average Bonchev–Trinajstić information content (AvgIpc) is 2.73. The third-order valence-electron chi connectivity index (χ3n) is 5.79. The van der Waals surface area contributed by atoms with Gasteiger partial charge in [0.1, 0.15) is 5.58 Å². The quantitative estimate of drug-likeness (QED) is 0.511. The van der Waals surface area contributed by atoms with E-state index < -0.39 is 27.4 Å². The SMILES string of the molecule is CC1CCCCN1S(=O)(=O)c1ccc(Cc2ccc3oc(=O)cc(C(F)(F)F)c3c2)cc1. The van der Waals surface area contributed by atoms with Gasteiger partial charge in [0.05, 0.1) is 10.5 Å². The lowest BCUT2D eigenvalue weighted by molar-refractivity contribution is -0.136. The van der Waals surface area contributed by atoms with Gasteiger partial charge >= 0.3 is 11.8 Å². The molecule has 0 aliphatic carbocycles. The summed E-state index contributed by atoms with van der Waals surface area (Å²) in [4.78, 5) is 11.7. The Bertz CT molecular complexity index is 1300. The molecule has 3 aromatic rings. The van der Waals surface area contributed by atoms with Crippen molar-refractivity contribution in [1.82, 2.24) is 4.31 Å². The van der Waals surface area contributed by atoms with E-state index in [4.69, 9.17) is 4.42 Å². The second kappa shape index (κ2) is 8.37. The summed E-state index contributed by atoms with van der Waals surface area (Å²) in [5.41, 5.74) is -0.899. The van der Waals surface area contributed by atoms with Crippen molar-refractivity contribution in [3.8, 4) is 0 Å². The van der Waals surface area contributed by atoms with Crippen LogP contribution in [0.4, 0.5) is 13.2 Å². The fourth-order valence-electron chi connectivity index (χ4n) is 4.13. The minimum atomic E-state index is -4.69. The van der Waals surface area contributed by atoms with Crippen molar-refractivity contribution in [2.24, 2.45) is 0 Å². The molecular weight excluding hydrogens is 443 g/mol. The van der Waals surface area contributed by atoms with E-state index >= 15 is 0 Å². The minimum absolute atomic E-state index is 0.0473. The van der Waals surface area contributed by atoms with E-state index in [9.17, 15) is 26.4 Å². The maximum Gasteiger partial charge on any atom is 0.417 e. The molecule has 2 aromatic carbocycles. The van der Waals surface area contributed by atoms with Gasteiger partial charge in [-0.2, -0.15) is 17.5 Å². The number of sulfonamides is 1. The molecule has 4 rings (SSSR count). The number of hydrogen-bond donors (Lipinski definition) is 0. The van der Waals surface area contributed by atoms with Gasteiger partial charge in [-0.1, -0.05) is 24.6 Å². The summed E-state index contributed by atoms with van der Waals surface area (Å²) in [6.07, 6.45) is -1.71. The van der Waals surface area contributed by atoms with Gasteiger partial charge in [0.2, 0.25) is 10.0 Å². The number of alkyl halides is 3. The number of fused-ring (bicyclic) bond motifs is 1. The van der Waals surface area contributed by atoms with Crippen LogP contribution in [-0.2, 0) is 22.6 Å².